The van der Waals surface area contributed by atoms with Gasteiger partial charge >= 0.3 is 11.7 Å². The summed E-state index contributed by atoms with van der Waals surface area (Å²) >= 11 is 0. The van der Waals surface area contributed by atoms with E-state index in [-0.39, 0.29) is 34.9 Å². The Labute approximate surface area is 220 Å². The summed E-state index contributed by atoms with van der Waals surface area (Å²) in [6.07, 6.45) is -0.0979. The summed E-state index contributed by atoms with van der Waals surface area (Å²) in [5, 5.41) is 29.5. The first-order valence-electron chi connectivity index (χ1n) is 12.1. The number of imide groups is 1. The number of rotatable bonds is 7. The van der Waals surface area contributed by atoms with E-state index in [9.17, 15) is 34.2 Å². The molecule has 13 nitrogen and oxygen atoms in total. The van der Waals surface area contributed by atoms with Crippen LogP contribution in [0, 0.1) is 11.8 Å². The number of carboxylic acid groups (broad SMARTS) is 1. The average molecular weight is 539 g/mol. The third-order valence-corrected chi connectivity index (χ3v) is 7.07. The number of carbonyl (C=O) groups is 3. The van der Waals surface area contributed by atoms with Gasteiger partial charge < -0.3 is 24.8 Å². The van der Waals surface area contributed by atoms with Gasteiger partial charge in [0.1, 0.15) is 18.3 Å². The molecule has 1 aliphatic carbocycles. The van der Waals surface area contributed by atoms with E-state index in [1.807, 2.05) is 0 Å². The fourth-order valence-electron chi connectivity index (χ4n) is 5.10. The number of aliphatic hydroxyl groups is 2. The number of nitrogens with one attached hydrogen (secondary N) is 1. The second-order valence-corrected chi connectivity index (χ2v) is 9.46. The van der Waals surface area contributed by atoms with Gasteiger partial charge in [-0.05, 0) is 24.3 Å². The van der Waals surface area contributed by atoms with Crippen LogP contribution < -0.4 is 16.1 Å². The number of amides is 2. The number of benzene rings is 1. The number of nitrogens with zero attached hydrogens (tertiary/aromatic N) is 2. The van der Waals surface area contributed by atoms with Crippen LogP contribution in [0.3, 0.4) is 0 Å². The van der Waals surface area contributed by atoms with Gasteiger partial charge in [-0.3, -0.25) is 23.9 Å². The Balaban J connectivity index is 1.40. The highest BCUT2D eigenvalue weighted by Gasteiger charge is 2.48. The first-order chi connectivity index (χ1) is 18.6. The fraction of sp³-hybridized carbons (Fsp3) is 0.346. The molecule has 2 aromatic rings. The smallest absolute Gasteiger partial charge is 0.335 e. The maximum Gasteiger partial charge on any atom is 0.335 e. The Bertz CT molecular complexity index is 1500. The van der Waals surface area contributed by atoms with Crippen LogP contribution in [-0.4, -0.2) is 74.2 Å². The number of allylic oxidation sites excluding steroid dienone is 1. The highest BCUT2D eigenvalue weighted by atomic mass is 16.6. The summed E-state index contributed by atoms with van der Waals surface area (Å²) in [7, 11) is 0. The van der Waals surface area contributed by atoms with E-state index >= 15 is 0 Å². The van der Waals surface area contributed by atoms with Crippen molar-refractivity contribution in [2.45, 2.75) is 31.5 Å². The molecule has 39 heavy (non-hydrogen) atoms. The molecule has 1 saturated heterocycles. The van der Waals surface area contributed by atoms with Crippen molar-refractivity contribution < 1.29 is 39.2 Å². The maximum absolute atomic E-state index is 13.5. The Kier molecular flexibility index (Phi) is 6.91. The molecule has 2 aliphatic heterocycles. The van der Waals surface area contributed by atoms with Gasteiger partial charge in [-0.1, -0.05) is 19.1 Å². The molecule has 3 aliphatic rings. The Hall–Kier alpha value is -4.17. The van der Waals surface area contributed by atoms with Crippen molar-refractivity contribution in [3.8, 4) is 0 Å². The number of aliphatic hydroxyl groups excluding tert-OH is 2. The Morgan fingerprint density at radius 1 is 1.05 bits per heavy atom. The van der Waals surface area contributed by atoms with Crippen LogP contribution in [-0.2, 0) is 19.1 Å². The van der Waals surface area contributed by atoms with Gasteiger partial charge in [-0.2, -0.15) is 0 Å². The van der Waals surface area contributed by atoms with Crippen molar-refractivity contribution in [3.63, 3.8) is 0 Å². The number of hydrogen-bond acceptors (Lipinski definition) is 9. The zero-order valence-corrected chi connectivity index (χ0v) is 20.6. The Morgan fingerprint density at radius 3 is 2.38 bits per heavy atom. The number of carboxylic acids is 1. The number of aromatic amines is 1. The SMILES string of the molecule is CC1C=CC(CO[C@@H]2[C@H](O)[C@@H](CO)O[C@H]2n2ccc(=O)[nH]c2=O)C2=C1C(=O)N(c1ccc(C(=O)O)cc1)C2=O. The molecule has 6 atom stereocenters. The lowest BCUT2D eigenvalue weighted by Crippen LogP contribution is -2.40. The quantitative estimate of drug-likeness (QED) is 0.265. The predicted molar refractivity (Wildman–Crippen MR) is 133 cm³/mol. The van der Waals surface area contributed by atoms with Crippen molar-refractivity contribution in [1.82, 2.24) is 9.55 Å². The summed E-state index contributed by atoms with van der Waals surface area (Å²) < 4.78 is 12.6. The molecule has 5 rings (SSSR count). The first-order valence-corrected chi connectivity index (χ1v) is 12.1. The van der Waals surface area contributed by atoms with Crippen LogP contribution in [0.25, 0.3) is 0 Å². The molecular formula is C26H25N3O10. The molecule has 0 radical (unpaired) electrons. The van der Waals surface area contributed by atoms with E-state index in [4.69, 9.17) is 14.6 Å². The van der Waals surface area contributed by atoms with E-state index in [2.05, 4.69) is 4.98 Å². The number of H-pyrrole nitrogens is 1. The molecule has 2 unspecified atom stereocenters. The standard InChI is InChI=1S/C26H25N3O10/c1-12-2-3-14(19-18(12)22(33)29(23(19)34)15-6-4-13(5-7-15)25(35)36)11-38-21-20(32)16(10-30)39-24(21)28-9-8-17(31)27-26(28)37/h2-9,12,14,16,20-21,24,30,32H,10-11H2,1H3,(H,35,36)(H,27,31,37)/t12?,14?,16-,20-,21-,24-/m1/s1. The normalized spacial score (nSPS) is 28.3. The molecule has 1 fully saturated rings. The number of hydrogen-bond donors (Lipinski definition) is 4. The second-order valence-electron chi connectivity index (χ2n) is 9.46. The molecule has 1 aromatic heterocycles. The van der Waals surface area contributed by atoms with Gasteiger partial charge in [0.25, 0.3) is 17.4 Å². The number of aromatic carboxylic acids is 1. The van der Waals surface area contributed by atoms with Gasteiger partial charge in [0.2, 0.25) is 0 Å². The van der Waals surface area contributed by atoms with Gasteiger partial charge in [0.05, 0.1) is 24.5 Å². The highest BCUT2D eigenvalue weighted by Crippen LogP contribution is 2.40. The summed E-state index contributed by atoms with van der Waals surface area (Å²) in [4.78, 5) is 65.0. The minimum atomic E-state index is -1.34. The zero-order valence-electron chi connectivity index (χ0n) is 20.6. The van der Waals surface area contributed by atoms with Gasteiger partial charge in [0.15, 0.2) is 6.23 Å². The second kappa shape index (κ2) is 10.2. The molecule has 0 spiro atoms. The van der Waals surface area contributed by atoms with Crippen molar-refractivity contribution >= 4 is 23.5 Å². The van der Waals surface area contributed by atoms with E-state index in [1.165, 1.54) is 30.5 Å². The van der Waals surface area contributed by atoms with E-state index in [0.29, 0.717) is 0 Å². The lowest BCUT2D eigenvalue weighted by atomic mass is 9.84. The monoisotopic (exact) mass is 539 g/mol. The van der Waals surface area contributed by atoms with E-state index in [0.717, 1.165) is 15.5 Å². The van der Waals surface area contributed by atoms with Crippen LogP contribution in [0.15, 0.2) is 69.4 Å². The van der Waals surface area contributed by atoms with Crippen molar-refractivity contribution in [2.24, 2.45) is 11.8 Å². The largest absolute Gasteiger partial charge is 0.478 e. The number of anilines is 1. The van der Waals surface area contributed by atoms with Crippen LogP contribution in [0.1, 0.15) is 23.5 Å². The number of aromatic nitrogens is 2. The third-order valence-electron chi connectivity index (χ3n) is 7.07. The molecule has 4 N–H and O–H groups in total. The average Bonchev–Trinajstić information content (AvgIpc) is 3.36. The summed E-state index contributed by atoms with van der Waals surface area (Å²) in [5.74, 6) is -3.31. The molecule has 0 bridgehead atoms. The maximum atomic E-state index is 13.5. The molecule has 2 amide bonds. The predicted octanol–water partition coefficient (Wildman–Crippen LogP) is -0.437. The fourth-order valence-corrected chi connectivity index (χ4v) is 5.10. The Morgan fingerprint density at radius 2 is 1.74 bits per heavy atom. The molecule has 1 aromatic carbocycles. The lowest BCUT2D eigenvalue weighted by Gasteiger charge is -2.26. The van der Waals surface area contributed by atoms with Crippen LogP contribution in [0.2, 0.25) is 0 Å². The first kappa shape index (κ1) is 26.4. The summed E-state index contributed by atoms with van der Waals surface area (Å²) in [6, 6.07) is 6.47. The zero-order chi connectivity index (χ0) is 28.0. The van der Waals surface area contributed by atoms with Crippen LogP contribution in [0.4, 0.5) is 5.69 Å². The number of carbonyl (C=O) groups excluding carboxylic acids is 2. The van der Waals surface area contributed by atoms with Crippen molar-refractivity contribution in [2.75, 3.05) is 18.1 Å². The summed E-state index contributed by atoms with van der Waals surface area (Å²) in [5.41, 5.74) is -0.709. The summed E-state index contributed by atoms with van der Waals surface area (Å²) in [6.45, 7) is 1.03. The molecule has 204 valence electrons. The van der Waals surface area contributed by atoms with Crippen LogP contribution >= 0.6 is 0 Å². The van der Waals surface area contributed by atoms with Gasteiger partial charge in [-0.15, -0.1) is 0 Å². The van der Waals surface area contributed by atoms with Gasteiger partial charge in [0, 0.05) is 35.2 Å². The van der Waals surface area contributed by atoms with Crippen molar-refractivity contribution in [3.05, 3.63) is 86.2 Å². The minimum absolute atomic E-state index is 0.00607. The van der Waals surface area contributed by atoms with Gasteiger partial charge in [-0.25, -0.2) is 14.5 Å². The third kappa shape index (κ3) is 4.55. The van der Waals surface area contributed by atoms with E-state index in [1.54, 1.807) is 19.1 Å². The highest BCUT2D eigenvalue weighted by molar-refractivity contribution is 6.33. The van der Waals surface area contributed by atoms with E-state index < -0.39 is 66.1 Å². The topological polar surface area (TPSA) is 188 Å². The molecular weight excluding hydrogens is 514 g/mol. The number of ether oxygens (including phenoxy) is 2. The molecule has 13 heteroatoms. The molecule has 0 saturated carbocycles. The minimum Gasteiger partial charge on any atom is -0.478 e. The van der Waals surface area contributed by atoms with Crippen LogP contribution in [0.5, 0.6) is 0 Å². The molecule has 3 heterocycles. The lowest BCUT2D eigenvalue weighted by molar-refractivity contribution is -0.121. The van der Waals surface area contributed by atoms with Crippen molar-refractivity contribution in [1.29, 1.82) is 0 Å².